The first-order valence-electron chi connectivity index (χ1n) is 5.42. The summed E-state index contributed by atoms with van der Waals surface area (Å²) < 4.78 is 19.6. The third-order valence-electron chi connectivity index (χ3n) is 1.70. The van der Waals surface area contributed by atoms with E-state index in [1.807, 2.05) is 6.08 Å². The topological polar surface area (TPSA) is 74.2 Å². The molecule has 17 heavy (non-hydrogen) atoms. The Bertz CT molecular complexity index is 204. The Balaban J connectivity index is 3.05. The Kier molecular flexibility index (Phi) is 12.1. The van der Waals surface area contributed by atoms with Crippen molar-refractivity contribution < 1.29 is 28.8 Å². The van der Waals surface area contributed by atoms with E-state index in [0.717, 1.165) is 6.42 Å². The van der Waals surface area contributed by atoms with E-state index in [-0.39, 0.29) is 6.61 Å². The lowest BCUT2D eigenvalue weighted by Crippen LogP contribution is -2.08. The van der Waals surface area contributed by atoms with Crippen molar-refractivity contribution in [2.75, 3.05) is 46.8 Å². The Morgan fingerprint density at radius 1 is 1.06 bits per heavy atom. The Labute approximate surface area is 101 Å². The second-order valence-corrected chi connectivity index (χ2v) is 3.05. The van der Waals surface area contributed by atoms with Crippen LogP contribution in [0.1, 0.15) is 6.42 Å². The first-order valence-corrected chi connectivity index (χ1v) is 5.42. The van der Waals surface area contributed by atoms with Gasteiger partial charge in [0, 0.05) is 7.11 Å². The van der Waals surface area contributed by atoms with Crippen LogP contribution in [0.3, 0.4) is 0 Å². The highest BCUT2D eigenvalue weighted by molar-refractivity contribution is 5.56. The van der Waals surface area contributed by atoms with Gasteiger partial charge in [-0.15, -0.1) is 0 Å². The van der Waals surface area contributed by atoms with Crippen molar-refractivity contribution >= 4 is 6.16 Å². The average Bonchev–Trinajstić information content (AvgIpc) is 2.30. The van der Waals surface area contributed by atoms with Crippen LogP contribution in [0, 0.1) is 0 Å². The molecule has 1 N–H and O–H groups in total. The van der Waals surface area contributed by atoms with Crippen LogP contribution < -0.4 is 0 Å². The summed E-state index contributed by atoms with van der Waals surface area (Å²) in [6.45, 7) is 2.92. The second-order valence-electron chi connectivity index (χ2n) is 3.05. The first kappa shape index (κ1) is 15.9. The zero-order valence-corrected chi connectivity index (χ0v) is 10.1. The van der Waals surface area contributed by atoms with Gasteiger partial charge in [-0.3, -0.25) is 0 Å². The van der Waals surface area contributed by atoms with Gasteiger partial charge >= 0.3 is 6.16 Å². The Morgan fingerprint density at radius 2 is 1.71 bits per heavy atom. The number of methoxy groups -OCH3 is 1. The quantitative estimate of drug-likeness (QED) is 0.337. The zero-order chi connectivity index (χ0) is 12.8. The molecule has 0 radical (unpaired) electrons. The van der Waals surface area contributed by atoms with Crippen molar-refractivity contribution in [3.05, 3.63) is 12.2 Å². The molecular weight excluding hydrogens is 228 g/mol. The minimum Gasteiger partial charge on any atom is -0.450 e. The molecule has 0 rings (SSSR count). The lowest BCUT2D eigenvalue weighted by Gasteiger charge is -2.03. The van der Waals surface area contributed by atoms with Crippen LogP contribution in [0.25, 0.3) is 0 Å². The van der Waals surface area contributed by atoms with E-state index in [1.54, 1.807) is 13.2 Å². The molecule has 6 heteroatoms. The minimum atomic E-state index is -1.26. The van der Waals surface area contributed by atoms with E-state index in [2.05, 4.69) is 4.74 Å². The smallest absolute Gasteiger partial charge is 0.450 e. The molecule has 0 amide bonds. The zero-order valence-electron chi connectivity index (χ0n) is 10.1. The number of hydrogen-bond acceptors (Lipinski definition) is 5. The largest absolute Gasteiger partial charge is 0.506 e. The van der Waals surface area contributed by atoms with Crippen molar-refractivity contribution in [3.8, 4) is 0 Å². The summed E-state index contributed by atoms with van der Waals surface area (Å²) in [6.07, 6.45) is 2.92. The predicted octanol–water partition coefficient (Wildman–Crippen LogP) is 1.31. The summed E-state index contributed by atoms with van der Waals surface area (Å²) in [5.74, 6) is 0. The fourth-order valence-electron chi connectivity index (χ4n) is 0.921. The summed E-state index contributed by atoms with van der Waals surface area (Å²) in [5.41, 5.74) is 0. The summed E-state index contributed by atoms with van der Waals surface area (Å²) in [6, 6.07) is 0. The lowest BCUT2D eigenvalue weighted by atomic mass is 10.4. The maximum atomic E-state index is 9.98. The third kappa shape index (κ3) is 14.9. The highest BCUT2D eigenvalue weighted by Gasteiger charge is 1.91. The molecule has 0 aliphatic carbocycles. The minimum absolute atomic E-state index is 0.0788. The maximum absolute atomic E-state index is 9.98. The fourth-order valence-corrected chi connectivity index (χ4v) is 0.921. The van der Waals surface area contributed by atoms with E-state index in [0.29, 0.717) is 33.0 Å². The van der Waals surface area contributed by atoms with Crippen LogP contribution in [-0.4, -0.2) is 58.0 Å². The van der Waals surface area contributed by atoms with Gasteiger partial charge in [-0.25, -0.2) is 4.79 Å². The third-order valence-corrected chi connectivity index (χ3v) is 1.70. The summed E-state index contributed by atoms with van der Waals surface area (Å²) in [4.78, 5) is 9.98. The number of rotatable bonds is 11. The van der Waals surface area contributed by atoms with E-state index in [4.69, 9.17) is 19.3 Å². The molecule has 0 bridgehead atoms. The average molecular weight is 248 g/mol. The summed E-state index contributed by atoms with van der Waals surface area (Å²) in [5, 5.41) is 8.17. The number of ether oxygens (including phenoxy) is 4. The van der Waals surface area contributed by atoms with E-state index in [1.165, 1.54) is 0 Å². The van der Waals surface area contributed by atoms with Gasteiger partial charge in [0.2, 0.25) is 0 Å². The van der Waals surface area contributed by atoms with Gasteiger partial charge in [0.15, 0.2) is 0 Å². The molecule has 0 fully saturated rings. The number of carbonyl (C=O) groups is 1. The molecule has 0 unspecified atom stereocenters. The van der Waals surface area contributed by atoms with Crippen molar-refractivity contribution in [2.24, 2.45) is 0 Å². The monoisotopic (exact) mass is 248 g/mol. The van der Waals surface area contributed by atoms with Gasteiger partial charge in [0.05, 0.1) is 33.0 Å². The van der Waals surface area contributed by atoms with Crippen LogP contribution in [0.2, 0.25) is 0 Å². The van der Waals surface area contributed by atoms with E-state index >= 15 is 0 Å². The lowest BCUT2D eigenvalue weighted by molar-refractivity contribution is 0.0259. The predicted molar refractivity (Wildman–Crippen MR) is 61.2 cm³/mol. The number of hydrogen-bond donors (Lipinski definition) is 1. The van der Waals surface area contributed by atoms with Crippen molar-refractivity contribution in [1.82, 2.24) is 0 Å². The van der Waals surface area contributed by atoms with Gasteiger partial charge in [-0.1, -0.05) is 12.2 Å². The van der Waals surface area contributed by atoms with Gasteiger partial charge in [0.25, 0.3) is 0 Å². The van der Waals surface area contributed by atoms with Crippen LogP contribution >= 0.6 is 0 Å². The van der Waals surface area contributed by atoms with E-state index < -0.39 is 6.16 Å². The molecule has 0 aromatic carbocycles. The van der Waals surface area contributed by atoms with E-state index in [9.17, 15) is 4.79 Å². The molecule has 0 spiro atoms. The molecule has 0 aromatic rings. The SMILES string of the molecule is COCCOCCOCCC=CCOC(=O)O. The molecule has 0 saturated carbocycles. The summed E-state index contributed by atoms with van der Waals surface area (Å²) in [7, 11) is 1.63. The molecule has 0 heterocycles. The molecule has 0 atom stereocenters. The molecule has 100 valence electrons. The Hall–Kier alpha value is -1.11. The van der Waals surface area contributed by atoms with Gasteiger partial charge in [-0.05, 0) is 6.42 Å². The molecule has 6 nitrogen and oxygen atoms in total. The Morgan fingerprint density at radius 3 is 2.35 bits per heavy atom. The van der Waals surface area contributed by atoms with Gasteiger partial charge in [-0.2, -0.15) is 0 Å². The van der Waals surface area contributed by atoms with Gasteiger partial charge < -0.3 is 24.1 Å². The fraction of sp³-hybridized carbons (Fsp3) is 0.727. The molecule has 0 aliphatic heterocycles. The van der Waals surface area contributed by atoms with Crippen molar-refractivity contribution in [1.29, 1.82) is 0 Å². The van der Waals surface area contributed by atoms with Crippen LogP contribution in [-0.2, 0) is 18.9 Å². The summed E-state index contributed by atoms with van der Waals surface area (Å²) >= 11 is 0. The van der Waals surface area contributed by atoms with Crippen LogP contribution in [0.5, 0.6) is 0 Å². The number of carboxylic acid groups (broad SMARTS) is 1. The van der Waals surface area contributed by atoms with Crippen LogP contribution in [0.4, 0.5) is 4.79 Å². The standard InChI is InChI=1S/C11H20O6/c1-14-7-8-16-10-9-15-5-3-2-4-6-17-11(12)13/h2,4H,3,5-10H2,1H3,(H,12,13). The first-order chi connectivity index (χ1) is 8.27. The maximum Gasteiger partial charge on any atom is 0.506 e. The highest BCUT2D eigenvalue weighted by atomic mass is 16.7. The van der Waals surface area contributed by atoms with Crippen molar-refractivity contribution in [3.63, 3.8) is 0 Å². The molecule has 0 aliphatic rings. The normalized spacial score (nSPS) is 10.9. The van der Waals surface area contributed by atoms with Crippen molar-refractivity contribution in [2.45, 2.75) is 6.42 Å². The second kappa shape index (κ2) is 13.0. The molecular formula is C11H20O6. The molecule has 0 aromatic heterocycles. The van der Waals surface area contributed by atoms with Gasteiger partial charge in [0.1, 0.15) is 6.61 Å². The van der Waals surface area contributed by atoms with Crippen LogP contribution in [0.15, 0.2) is 12.2 Å². The highest BCUT2D eigenvalue weighted by Crippen LogP contribution is 1.87. The molecule has 0 saturated heterocycles.